The summed E-state index contributed by atoms with van der Waals surface area (Å²) in [5.74, 6) is -0.0135. The van der Waals surface area contributed by atoms with Gasteiger partial charge < -0.3 is 9.47 Å². The number of nitrogens with zero attached hydrogens (tertiary/aromatic N) is 1. The van der Waals surface area contributed by atoms with Gasteiger partial charge in [-0.1, -0.05) is 0 Å². The second-order valence-electron chi connectivity index (χ2n) is 3.70. The Morgan fingerprint density at radius 1 is 1.56 bits per heavy atom. The largest absolute Gasteiger partial charge is 0.489 e. The van der Waals surface area contributed by atoms with Gasteiger partial charge in [-0.05, 0) is 31.0 Å². The fraction of sp³-hybridized carbons (Fsp3) is 0.417. The summed E-state index contributed by atoms with van der Waals surface area (Å²) < 4.78 is 23.7. The summed E-state index contributed by atoms with van der Waals surface area (Å²) in [5.41, 5.74) is 0.220. The molecule has 0 aromatic heterocycles. The van der Waals surface area contributed by atoms with Gasteiger partial charge in [-0.15, -0.1) is 0 Å². The maximum Gasteiger partial charge on any atom is 0.137 e. The molecule has 1 aromatic rings. The molecule has 1 fully saturated rings. The number of benzene rings is 1. The highest BCUT2D eigenvalue weighted by Crippen LogP contribution is 2.20. The molecule has 1 unspecified atom stereocenters. The molecule has 3 nitrogen and oxygen atoms in total. The standard InChI is InChI=1S/C12H12FNO2/c13-10-3-4-12(9(6-10)7-14)16-8-11-2-1-5-15-11/h3-4,6,11H,1-2,5,8H2. The minimum Gasteiger partial charge on any atom is -0.489 e. The normalized spacial score (nSPS) is 19.4. The van der Waals surface area contributed by atoms with Crippen LogP contribution in [0.15, 0.2) is 18.2 Å². The first-order chi connectivity index (χ1) is 7.79. The van der Waals surface area contributed by atoms with E-state index in [0.29, 0.717) is 12.4 Å². The molecule has 0 bridgehead atoms. The number of hydrogen-bond acceptors (Lipinski definition) is 3. The Hall–Kier alpha value is -1.60. The molecule has 4 heteroatoms. The average Bonchev–Trinajstić information content (AvgIpc) is 2.80. The number of rotatable bonds is 3. The van der Waals surface area contributed by atoms with Gasteiger partial charge in [0.2, 0.25) is 0 Å². The summed E-state index contributed by atoms with van der Waals surface area (Å²) in [6, 6.07) is 5.84. The van der Waals surface area contributed by atoms with Crippen molar-refractivity contribution in [2.45, 2.75) is 18.9 Å². The van der Waals surface area contributed by atoms with Crippen LogP contribution in [0.5, 0.6) is 5.75 Å². The van der Waals surface area contributed by atoms with Gasteiger partial charge in [0, 0.05) is 6.61 Å². The predicted molar refractivity (Wildman–Crippen MR) is 55.6 cm³/mol. The molecule has 16 heavy (non-hydrogen) atoms. The van der Waals surface area contributed by atoms with Crippen LogP contribution in [0.2, 0.25) is 0 Å². The van der Waals surface area contributed by atoms with Gasteiger partial charge in [0.15, 0.2) is 0 Å². The van der Waals surface area contributed by atoms with Crippen LogP contribution in [0.25, 0.3) is 0 Å². The van der Waals surface area contributed by atoms with Crippen molar-refractivity contribution in [3.63, 3.8) is 0 Å². The van der Waals surface area contributed by atoms with Crippen LogP contribution in [-0.2, 0) is 4.74 Å². The van der Waals surface area contributed by atoms with Crippen LogP contribution in [0, 0.1) is 17.1 Å². The highest BCUT2D eigenvalue weighted by atomic mass is 19.1. The maximum absolute atomic E-state index is 12.8. The van der Waals surface area contributed by atoms with Crippen LogP contribution in [0.4, 0.5) is 4.39 Å². The number of nitriles is 1. The quantitative estimate of drug-likeness (QED) is 0.786. The third-order valence-electron chi connectivity index (χ3n) is 2.51. The lowest BCUT2D eigenvalue weighted by molar-refractivity contribution is 0.0678. The Balaban J connectivity index is 2.00. The second kappa shape index (κ2) is 4.95. The molecule has 0 radical (unpaired) electrons. The van der Waals surface area contributed by atoms with Crippen molar-refractivity contribution in [1.82, 2.24) is 0 Å². The molecular weight excluding hydrogens is 209 g/mol. The van der Waals surface area contributed by atoms with Crippen molar-refractivity contribution in [3.8, 4) is 11.8 Å². The minimum atomic E-state index is -0.430. The summed E-state index contributed by atoms with van der Waals surface area (Å²) in [7, 11) is 0. The highest BCUT2D eigenvalue weighted by molar-refractivity contribution is 5.43. The summed E-state index contributed by atoms with van der Waals surface area (Å²) in [5, 5.41) is 8.81. The number of hydrogen-bond donors (Lipinski definition) is 0. The van der Waals surface area contributed by atoms with Gasteiger partial charge in [-0.25, -0.2) is 4.39 Å². The molecule has 1 aromatic carbocycles. The molecule has 1 aliphatic heterocycles. The van der Waals surface area contributed by atoms with E-state index in [1.54, 1.807) is 0 Å². The minimum absolute atomic E-state index is 0.0941. The zero-order valence-corrected chi connectivity index (χ0v) is 8.78. The summed E-state index contributed by atoms with van der Waals surface area (Å²) in [6.45, 7) is 1.18. The fourth-order valence-corrected chi connectivity index (χ4v) is 1.67. The third-order valence-corrected chi connectivity index (χ3v) is 2.51. The summed E-state index contributed by atoms with van der Waals surface area (Å²) >= 11 is 0. The topological polar surface area (TPSA) is 42.2 Å². The molecule has 1 atom stereocenters. The maximum atomic E-state index is 12.8. The van der Waals surface area contributed by atoms with Crippen molar-refractivity contribution >= 4 is 0 Å². The Labute approximate surface area is 93.4 Å². The molecule has 1 saturated heterocycles. The van der Waals surface area contributed by atoms with Crippen molar-refractivity contribution in [2.75, 3.05) is 13.2 Å². The Morgan fingerprint density at radius 3 is 3.12 bits per heavy atom. The van der Waals surface area contributed by atoms with Gasteiger partial charge >= 0.3 is 0 Å². The molecule has 1 heterocycles. The van der Waals surface area contributed by atoms with E-state index in [9.17, 15) is 4.39 Å². The van der Waals surface area contributed by atoms with E-state index in [1.807, 2.05) is 6.07 Å². The lowest BCUT2D eigenvalue weighted by Crippen LogP contribution is -2.16. The Morgan fingerprint density at radius 2 is 2.44 bits per heavy atom. The second-order valence-corrected chi connectivity index (χ2v) is 3.70. The molecule has 2 rings (SSSR count). The van der Waals surface area contributed by atoms with Crippen molar-refractivity contribution < 1.29 is 13.9 Å². The highest BCUT2D eigenvalue weighted by Gasteiger charge is 2.16. The van der Waals surface area contributed by atoms with Crippen LogP contribution in [-0.4, -0.2) is 19.3 Å². The van der Waals surface area contributed by atoms with E-state index >= 15 is 0 Å². The first kappa shape index (κ1) is 10.9. The van der Waals surface area contributed by atoms with Crippen molar-refractivity contribution in [3.05, 3.63) is 29.6 Å². The van der Waals surface area contributed by atoms with Crippen LogP contribution < -0.4 is 4.74 Å². The molecule has 1 aliphatic rings. The average molecular weight is 221 g/mol. The predicted octanol–water partition coefficient (Wildman–Crippen LogP) is 2.26. The number of halogens is 1. The Kier molecular flexibility index (Phi) is 3.37. The Bertz CT molecular complexity index is 408. The van der Waals surface area contributed by atoms with Crippen LogP contribution in [0.3, 0.4) is 0 Å². The van der Waals surface area contributed by atoms with Gasteiger partial charge in [0.05, 0.1) is 11.7 Å². The van der Waals surface area contributed by atoms with E-state index < -0.39 is 5.82 Å². The smallest absolute Gasteiger partial charge is 0.137 e. The van der Waals surface area contributed by atoms with E-state index in [1.165, 1.54) is 18.2 Å². The van der Waals surface area contributed by atoms with Crippen molar-refractivity contribution in [1.29, 1.82) is 5.26 Å². The first-order valence-corrected chi connectivity index (χ1v) is 5.23. The lowest BCUT2D eigenvalue weighted by Gasteiger charge is -2.12. The monoisotopic (exact) mass is 221 g/mol. The van der Waals surface area contributed by atoms with E-state index in [0.717, 1.165) is 19.4 Å². The molecule has 0 N–H and O–H groups in total. The van der Waals surface area contributed by atoms with Gasteiger partial charge in [-0.2, -0.15) is 5.26 Å². The van der Waals surface area contributed by atoms with Crippen LogP contribution >= 0.6 is 0 Å². The van der Waals surface area contributed by atoms with E-state index in [-0.39, 0.29) is 11.7 Å². The first-order valence-electron chi connectivity index (χ1n) is 5.23. The third kappa shape index (κ3) is 2.50. The molecule has 84 valence electrons. The van der Waals surface area contributed by atoms with Gasteiger partial charge in [0.1, 0.15) is 24.2 Å². The SMILES string of the molecule is N#Cc1cc(F)ccc1OCC1CCCO1. The molecule has 0 spiro atoms. The zero-order chi connectivity index (χ0) is 11.4. The van der Waals surface area contributed by atoms with Crippen LogP contribution in [0.1, 0.15) is 18.4 Å². The van der Waals surface area contributed by atoms with Crippen molar-refractivity contribution in [2.24, 2.45) is 0 Å². The lowest BCUT2D eigenvalue weighted by atomic mass is 10.2. The zero-order valence-electron chi connectivity index (χ0n) is 8.78. The fourth-order valence-electron chi connectivity index (χ4n) is 1.67. The summed E-state index contributed by atoms with van der Waals surface area (Å²) in [6.07, 6.45) is 2.11. The van der Waals surface area contributed by atoms with E-state index in [2.05, 4.69) is 0 Å². The van der Waals surface area contributed by atoms with Gasteiger partial charge in [-0.3, -0.25) is 0 Å². The number of ether oxygens (including phenoxy) is 2. The molecule has 0 aliphatic carbocycles. The molecule has 0 saturated carbocycles. The summed E-state index contributed by atoms with van der Waals surface area (Å²) in [4.78, 5) is 0. The van der Waals surface area contributed by atoms with E-state index in [4.69, 9.17) is 14.7 Å². The van der Waals surface area contributed by atoms with Gasteiger partial charge in [0.25, 0.3) is 0 Å². The molecule has 0 amide bonds. The molecular formula is C12H12FNO2.